The second-order valence-corrected chi connectivity index (χ2v) is 4.14. The molecule has 1 aromatic heterocycles. The molecule has 17 heavy (non-hydrogen) atoms. The highest BCUT2D eigenvalue weighted by molar-refractivity contribution is 7.09. The standard InChI is InChI=1S/C10H13NO5S/c1-2-16-8(14)3-7(13)9(15)10-11-6(4-12)5-17-10/h4-5,7,9,13,15H,2-3H2,1H3. The number of aromatic nitrogens is 1. The van der Waals surface area contributed by atoms with Crippen molar-refractivity contribution in [3.63, 3.8) is 0 Å². The molecular weight excluding hydrogens is 246 g/mol. The summed E-state index contributed by atoms with van der Waals surface area (Å²) in [6.07, 6.45) is -2.35. The molecular formula is C10H13NO5S. The molecule has 0 spiro atoms. The summed E-state index contributed by atoms with van der Waals surface area (Å²) >= 11 is 1.05. The van der Waals surface area contributed by atoms with E-state index < -0.39 is 18.2 Å². The molecule has 0 saturated carbocycles. The normalized spacial score (nSPS) is 14.1. The average Bonchev–Trinajstić information content (AvgIpc) is 2.76. The van der Waals surface area contributed by atoms with E-state index in [1.165, 1.54) is 5.38 Å². The van der Waals surface area contributed by atoms with Crippen molar-refractivity contribution in [1.82, 2.24) is 4.98 Å². The van der Waals surface area contributed by atoms with Crippen LogP contribution in [0.25, 0.3) is 0 Å². The van der Waals surface area contributed by atoms with E-state index in [9.17, 15) is 19.8 Å². The molecule has 0 aliphatic heterocycles. The van der Waals surface area contributed by atoms with Gasteiger partial charge in [-0.25, -0.2) is 4.98 Å². The summed E-state index contributed by atoms with van der Waals surface area (Å²) < 4.78 is 4.64. The lowest BCUT2D eigenvalue weighted by molar-refractivity contribution is -0.147. The maximum absolute atomic E-state index is 11.1. The van der Waals surface area contributed by atoms with Crippen molar-refractivity contribution < 1.29 is 24.5 Å². The number of thiazole rings is 1. The number of ether oxygens (including phenoxy) is 1. The van der Waals surface area contributed by atoms with Gasteiger partial charge in [0, 0.05) is 5.38 Å². The fourth-order valence-electron chi connectivity index (χ4n) is 1.16. The molecule has 2 unspecified atom stereocenters. The molecule has 1 heterocycles. The predicted octanol–water partition coefficient (Wildman–Crippen LogP) is 0.303. The molecule has 0 bridgehead atoms. The molecule has 2 atom stereocenters. The molecule has 0 fully saturated rings. The molecule has 1 aromatic rings. The monoisotopic (exact) mass is 259 g/mol. The Morgan fingerprint density at radius 3 is 2.88 bits per heavy atom. The van der Waals surface area contributed by atoms with Gasteiger partial charge in [0.05, 0.1) is 19.1 Å². The highest BCUT2D eigenvalue weighted by Crippen LogP contribution is 2.22. The van der Waals surface area contributed by atoms with Crippen LogP contribution in [0.5, 0.6) is 0 Å². The van der Waals surface area contributed by atoms with Crippen LogP contribution in [0.3, 0.4) is 0 Å². The Labute approximate surface area is 102 Å². The minimum atomic E-state index is -1.29. The van der Waals surface area contributed by atoms with Crippen LogP contribution in [0.2, 0.25) is 0 Å². The van der Waals surface area contributed by atoms with E-state index in [0.717, 1.165) is 11.3 Å². The van der Waals surface area contributed by atoms with E-state index in [1.807, 2.05) is 0 Å². The third kappa shape index (κ3) is 3.88. The van der Waals surface area contributed by atoms with Gasteiger partial charge >= 0.3 is 5.97 Å². The van der Waals surface area contributed by atoms with E-state index >= 15 is 0 Å². The number of aliphatic hydroxyl groups excluding tert-OH is 2. The van der Waals surface area contributed by atoms with Crippen LogP contribution in [0, 0.1) is 0 Å². The molecule has 0 amide bonds. The minimum Gasteiger partial charge on any atom is -0.466 e. The Kier molecular flexibility index (Phi) is 5.20. The van der Waals surface area contributed by atoms with Crippen molar-refractivity contribution in [3.8, 4) is 0 Å². The summed E-state index contributed by atoms with van der Waals surface area (Å²) in [7, 11) is 0. The number of hydrogen-bond acceptors (Lipinski definition) is 7. The Balaban J connectivity index is 2.59. The van der Waals surface area contributed by atoms with E-state index in [-0.39, 0.29) is 23.7 Å². The first-order chi connectivity index (χ1) is 8.08. The van der Waals surface area contributed by atoms with Crippen molar-refractivity contribution in [2.45, 2.75) is 25.6 Å². The zero-order chi connectivity index (χ0) is 12.8. The number of carbonyl (C=O) groups excluding carboxylic acids is 2. The maximum Gasteiger partial charge on any atom is 0.308 e. The van der Waals surface area contributed by atoms with Gasteiger partial charge in [0.15, 0.2) is 6.29 Å². The molecule has 0 aliphatic carbocycles. The Hall–Kier alpha value is -1.31. The van der Waals surface area contributed by atoms with Crippen LogP contribution in [0.4, 0.5) is 0 Å². The van der Waals surface area contributed by atoms with Crippen LogP contribution >= 0.6 is 11.3 Å². The lowest BCUT2D eigenvalue weighted by Crippen LogP contribution is -2.23. The second-order valence-electron chi connectivity index (χ2n) is 3.25. The number of esters is 1. The number of rotatable bonds is 6. The maximum atomic E-state index is 11.1. The van der Waals surface area contributed by atoms with Gasteiger partial charge in [-0.15, -0.1) is 11.3 Å². The zero-order valence-corrected chi connectivity index (χ0v) is 10.0. The fraction of sp³-hybridized carbons (Fsp3) is 0.500. The van der Waals surface area contributed by atoms with E-state index in [4.69, 9.17) is 0 Å². The van der Waals surface area contributed by atoms with Gasteiger partial charge in [0.1, 0.15) is 16.8 Å². The van der Waals surface area contributed by atoms with Gasteiger partial charge in [0.2, 0.25) is 0 Å². The van der Waals surface area contributed by atoms with E-state index in [1.54, 1.807) is 6.92 Å². The quantitative estimate of drug-likeness (QED) is 0.563. The molecule has 0 radical (unpaired) electrons. The Bertz CT molecular complexity index is 392. The topological polar surface area (TPSA) is 96.7 Å². The number of carbonyl (C=O) groups is 2. The van der Waals surface area contributed by atoms with Gasteiger partial charge in [-0.2, -0.15) is 0 Å². The van der Waals surface area contributed by atoms with Gasteiger partial charge in [-0.05, 0) is 6.92 Å². The first-order valence-corrected chi connectivity index (χ1v) is 5.88. The Morgan fingerprint density at radius 1 is 1.65 bits per heavy atom. The van der Waals surface area contributed by atoms with Crippen molar-refractivity contribution in [3.05, 3.63) is 16.1 Å². The molecule has 0 saturated heterocycles. The second kappa shape index (κ2) is 6.43. The molecule has 2 N–H and O–H groups in total. The van der Waals surface area contributed by atoms with Crippen molar-refractivity contribution in [2.75, 3.05) is 6.61 Å². The highest BCUT2D eigenvalue weighted by atomic mass is 32.1. The summed E-state index contributed by atoms with van der Waals surface area (Å²) in [6.45, 7) is 1.87. The number of aliphatic hydroxyl groups is 2. The fourth-order valence-corrected chi connectivity index (χ4v) is 1.96. The summed E-state index contributed by atoms with van der Waals surface area (Å²) in [5, 5.41) is 20.9. The molecule has 1 rings (SSSR count). The molecule has 7 heteroatoms. The van der Waals surface area contributed by atoms with Crippen LogP contribution in [-0.2, 0) is 9.53 Å². The Morgan fingerprint density at radius 2 is 2.35 bits per heavy atom. The van der Waals surface area contributed by atoms with E-state index in [0.29, 0.717) is 6.29 Å². The van der Waals surface area contributed by atoms with Crippen molar-refractivity contribution in [2.24, 2.45) is 0 Å². The molecule has 6 nitrogen and oxygen atoms in total. The summed E-state index contributed by atoms with van der Waals surface area (Å²) in [5.74, 6) is -0.591. The van der Waals surface area contributed by atoms with Crippen LogP contribution in [0.1, 0.15) is 34.9 Å². The van der Waals surface area contributed by atoms with Crippen LogP contribution in [0.15, 0.2) is 5.38 Å². The predicted molar refractivity (Wildman–Crippen MR) is 59.7 cm³/mol. The minimum absolute atomic E-state index is 0.187. The lowest BCUT2D eigenvalue weighted by atomic mass is 10.1. The summed E-state index contributed by atoms with van der Waals surface area (Å²) in [4.78, 5) is 25.3. The highest BCUT2D eigenvalue weighted by Gasteiger charge is 2.24. The smallest absolute Gasteiger partial charge is 0.308 e. The first kappa shape index (κ1) is 13.8. The van der Waals surface area contributed by atoms with Gasteiger partial charge in [0.25, 0.3) is 0 Å². The average molecular weight is 259 g/mol. The molecule has 94 valence electrons. The van der Waals surface area contributed by atoms with E-state index in [2.05, 4.69) is 9.72 Å². The number of nitrogens with zero attached hydrogens (tertiary/aromatic N) is 1. The van der Waals surface area contributed by atoms with Gasteiger partial charge < -0.3 is 14.9 Å². The zero-order valence-electron chi connectivity index (χ0n) is 9.20. The SMILES string of the molecule is CCOC(=O)CC(O)C(O)c1nc(C=O)cs1. The van der Waals surface area contributed by atoms with Gasteiger partial charge in [-0.1, -0.05) is 0 Å². The number of aldehydes is 1. The van der Waals surface area contributed by atoms with Crippen LogP contribution < -0.4 is 0 Å². The number of hydrogen-bond donors (Lipinski definition) is 2. The summed E-state index contributed by atoms with van der Waals surface area (Å²) in [6, 6.07) is 0. The third-order valence-electron chi connectivity index (χ3n) is 1.96. The van der Waals surface area contributed by atoms with Crippen molar-refractivity contribution in [1.29, 1.82) is 0 Å². The van der Waals surface area contributed by atoms with Crippen molar-refractivity contribution >= 4 is 23.6 Å². The largest absolute Gasteiger partial charge is 0.466 e. The third-order valence-corrected chi connectivity index (χ3v) is 2.89. The summed E-state index contributed by atoms with van der Waals surface area (Å²) in [5.41, 5.74) is 0.187. The van der Waals surface area contributed by atoms with Gasteiger partial charge in [-0.3, -0.25) is 9.59 Å². The molecule has 0 aliphatic rings. The van der Waals surface area contributed by atoms with Crippen LogP contribution in [-0.4, -0.2) is 40.2 Å². The first-order valence-electron chi connectivity index (χ1n) is 5.00. The molecule has 0 aromatic carbocycles. The lowest BCUT2D eigenvalue weighted by Gasteiger charge is -2.14.